The van der Waals surface area contributed by atoms with Gasteiger partial charge in [-0.05, 0) is 19.1 Å². The van der Waals surface area contributed by atoms with Crippen molar-refractivity contribution in [3.05, 3.63) is 24.3 Å². The lowest BCUT2D eigenvalue weighted by atomic mass is 10.3. The normalized spacial score (nSPS) is 14.0. The summed E-state index contributed by atoms with van der Waals surface area (Å²) in [5.74, 6) is 1.25. The van der Waals surface area contributed by atoms with E-state index in [1.165, 1.54) is 0 Å². The summed E-state index contributed by atoms with van der Waals surface area (Å²) in [6.45, 7) is 2.68. The van der Waals surface area contributed by atoms with Gasteiger partial charge in [0.1, 0.15) is 12.7 Å². The quantitative estimate of drug-likeness (QED) is 0.627. The van der Waals surface area contributed by atoms with E-state index in [1.807, 2.05) is 12.1 Å². The molecule has 1 aromatic carbocycles. The van der Waals surface area contributed by atoms with Gasteiger partial charge in [0.05, 0.1) is 13.2 Å². The number of rotatable bonds is 8. The largest absolute Gasteiger partial charge is 0.493 e. The molecule has 0 aliphatic heterocycles. The van der Waals surface area contributed by atoms with Crippen LogP contribution in [0.4, 0.5) is 0 Å². The van der Waals surface area contributed by atoms with Crippen molar-refractivity contribution in [1.29, 1.82) is 0 Å². The Bertz CT molecular complexity index is 344. The van der Waals surface area contributed by atoms with Crippen LogP contribution in [0.25, 0.3) is 0 Å². The number of nitrogens with one attached hydrogen (secondary N) is 1. The maximum absolute atomic E-state index is 9.68. The predicted molar refractivity (Wildman–Crippen MR) is 69.0 cm³/mol. The Kier molecular flexibility index (Phi) is 6.49. The van der Waals surface area contributed by atoms with Crippen LogP contribution in [0.2, 0.25) is 0 Å². The van der Waals surface area contributed by atoms with Gasteiger partial charge in [0.15, 0.2) is 11.5 Å². The highest BCUT2D eigenvalue weighted by atomic mass is 16.5. The van der Waals surface area contributed by atoms with Gasteiger partial charge in [-0.15, -0.1) is 0 Å². The maximum atomic E-state index is 9.68. The van der Waals surface area contributed by atoms with Gasteiger partial charge in [-0.3, -0.25) is 0 Å². The molecule has 2 unspecified atom stereocenters. The standard InChI is InChI=1S/C13H21NO4/c1-10(15)7-14-8-11(16)9-18-13-6-4-3-5-12(13)17-2/h3-6,10-11,14-16H,7-9H2,1-2H3. The summed E-state index contributed by atoms with van der Waals surface area (Å²) in [7, 11) is 1.57. The molecule has 0 saturated heterocycles. The van der Waals surface area contributed by atoms with Gasteiger partial charge in [-0.2, -0.15) is 0 Å². The molecule has 0 bridgehead atoms. The zero-order valence-electron chi connectivity index (χ0n) is 10.8. The van der Waals surface area contributed by atoms with E-state index in [1.54, 1.807) is 26.2 Å². The minimum absolute atomic E-state index is 0.174. The van der Waals surface area contributed by atoms with Crippen LogP contribution in [0.5, 0.6) is 11.5 Å². The summed E-state index contributed by atoms with van der Waals surface area (Å²) in [5.41, 5.74) is 0. The SMILES string of the molecule is COc1ccccc1OCC(O)CNCC(C)O. The molecule has 0 radical (unpaired) electrons. The highest BCUT2D eigenvalue weighted by Gasteiger charge is 2.08. The molecule has 18 heavy (non-hydrogen) atoms. The molecule has 0 fully saturated rings. The zero-order valence-corrected chi connectivity index (χ0v) is 10.8. The number of aliphatic hydroxyl groups excluding tert-OH is 2. The Balaban J connectivity index is 2.31. The zero-order chi connectivity index (χ0) is 13.4. The Morgan fingerprint density at radius 1 is 1.17 bits per heavy atom. The molecule has 5 nitrogen and oxygen atoms in total. The van der Waals surface area contributed by atoms with Crippen molar-refractivity contribution in [1.82, 2.24) is 5.32 Å². The molecule has 0 aromatic heterocycles. The number of hydrogen-bond donors (Lipinski definition) is 3. The van der Waals surface area contributed by atoms with E-state index in [4.69, 9.17) is 14.6 Å². The van der Waals surface area contributed by atoms with Gasteiger partial charge >= 0.3 is 0 Å². The summed E-state index contributed by atoms with van der Waals surface area (Å²) in [5, 5.41) is 21.7. The van der Waals surface area contributed by atoms with Gasteiger partial charge in [0.2, 0.25) is 0 Å². The van der Waals surface area contributed by atoms with E-state index in [0.717, 1.165) is 0 Å². The van der Waals surface area contributed by atoms with Crippen LogP contribution in [-0.4, -0.2) is 49.2 Å². The lowest BCUT2D eigenvalue weighted by molar-refractivity contribution is 0.0997. The summed E-state index contributed by atoms with van der Waals surface area (Å²) in [6, 6.07) is 7.28. The first-order valence-electron chi connectivity index (χ1n) is 5.96. The van der Waals surface area contributed by atoms with Crippen molar-refractivity contribution in [2.24, 2.45) is 0 Å². The van der Waals surface area contributed by atoms with Gasteiger partial charge in [-0.1, -0.05) is 12.1 Å². The topological polar surface area (TPSA) is 71.0 Å². The number of hydrogen-bond acceptors (Lipinski definition) is 5. The van der Waals surface area contributed by atoms with Crippen LogP contribution < -0.4 is 14.8 Å². The smallest absolute Gasteiger partial charge is 0.161 e. The summed E-state index contributed by atoms with van der Waals surface area (Å²) in [4.78, 5) is 0. The minimum Gasteiger partial charge on any atom is -0.493 e. The number of para-hydroxylation sites is 2. The Morgan fingerprint density at radius 2 is 1.83 bits per heavy atom. The lowest BCUT2D eigenvalue weighted by Crippen LogP contribution is -2.35. The third-order valence-corrected chi connectivity index (χ3v) is 2.32. The first-order valence-corrected chi connectivity index (χ1v) is 5.96. The van der Waals surface area contributed by atoms with Crippen molar-refractivity contribution in [3.63, 3.8) is 0 Å². The number of aliphatic hydroxyl groups is 2. The van der Waals surface area contributed by atoms with Gasteiger partial charge < -0.3 is 25.0 Å². The lowest BCUT2D eigenvalue weighted by Gasteiger charge is -2.15. The second-order valence-corrected chi connectivity index (χ2v) is 4.12. The van der Waals surface area contributed by atoms with Crippen LogP contribution >= 0.6 is 0 Å². The fourth-order valence-electron chi connectivity index (χ4n) is 1.44. The minimum atomic E-state index is -0.631. The van der Waals surface area contributed by atoms with Crippen molar-refractivity contribution < 1.29 is 19.7 Å². The van der Waals surface area contributed by atoms with Crippen LogP contribution in [0.15, 0.2) is 24.3 Å². The third kappa shape index (κ3) is 5.35. The molecule has 1 rings (SSSR count). The second kappa shape index (κ2) is 7.92. The monoisotopic (exact) mass is 255 g/mol. The molecule has 1 aromatic rings. The van der Waals surface area contributed by atoms with Crippen molar-refractivity contribution >= 4 is 0 Å². The Morgan fingerprint density at radius 3 is 2.44 bits per heavy atom. The Labute approximate surface area is 107 Å². The van der Waals surface area contributed by atoms with Crippen LogP contribution in [0, 0.1) is 0 Å². The number of methoxy groups -OCH3 is 1. The van der Waals surface area contributed by atoms with Gasteiger partial charge in [0.25, 0.3) is 0 Å². The molecular formula is C13H21NO4. The first kappa shape index (κ1) is 14.8. The molecule has 102 valence electrons. The van der Waals surface area contributed by atoms with Crippen molar-refractivity contribution in [2.45, 2.75) is 19.1 Å². The summed E-state index contributed by atoms with van der Waals surface area (Å²) < 4.78 is 10.6. The molecular weight excluding hydrogens is 234 g/mol. The van der Waals surface area contributed by atoms with E-state index >= 15 is 0 Å². The average molecular weight is 255 g/mol. The van der Waals surface area contributed by atoms with E-state index in [9.17, 15) is 5.11 Å². The van der Waals surface area contributed by atoms with E-state index in [2.05, 4.69) is 5.32 Å². The number of ether oxygens (including phenoxy) is 2. The van der Waals surface area contributed by atoms with Gasteiger partial charge in [-0.25, -0.2) is 0 Å². The molecule has 3 N–H and O–H groups in total. The Hall–Kier alpha value is -1.30. The highest BCUT2D eigenvalue weighted by molar-refractivity contribution is 5.39. The molecule has 0 aliphatic rings. The fraction of sp³-hybridized carbons (Fsp3) is 0.538. The van der Waals surface area contributed by atoms with Crippen molar-refractivity contribution in [3.8, 4) is 11.5 Å². The van der Waals surface area contributed by atoms with Crippen molar-refractivity contribution in [2.75, 3.05) is 26.8 Å². The van der Waals surface area contributed by atoms with E-state index < -0.39 is 12.2 Å². The second-order valence-electron chi connectivity index (χ2n) is 4.12. The first-order chi connectivity index (χ1) is 8.63. The third-order valence-electron chi connectivity index (χ3n) is 2.32. The summed E-state index contributed by atoms with van der Waals surface area (Å²) in [6.07, 6.45) is -1.05. The molecule has 0 aliphatic carbocycles. The highest BCUT2D eigenvalue weighted by Crippen LogP contribution is 2.25. The predicted octanol–water partition coefficient (Wildman–Crippen LogP) is 0.405. The van der Waals surface area contributed by atoms with Crippen LogP contribution in [0.1, 0.15) is 6.92 Å². The molecule has 0 saturated carbocycles. The molecule has 0 heterocycles. The van der Waals surface area contributed by atoms with E-state index in [0.29, 0.717) is 24.6 Å². The van der Waals surface area contributed by atoms with Crippen LogP contribution in [-0.2, 0) is 0 Å². The molecule has 0 amide bonds. The number of benzene rings is 1. The molecule has 2 atom stereocenters. The average Bonchev–Trinajstić information content (AvgIpc) is 2.36. The molecule has 0 spiro atoms. The fourth-order valence-corrected chi connectivity index (χ4v) is 1.44. The maximum Gasteiger partial charge on any atom is 0.161 e. The van der Waals surface area contributed by atoms with E-state index in [-0.39, 0.29) is 6.61 Å². The summed E-state index contributed by atoms with van der Waals surface area (Å²) >= 11 is 0. The molecule has 5 heteroatoms. The van der Waals surface area contributed by atoms with Gasteiger partial charge in [0, 0.05) is 13.1 Å². The van der Waals surface area contributed by atoms with Crippen LogP contribution in [0.3, 0.4) is 0 Å².